The zero-order chi connectivity index (χ0) is 29.1. The van der Waals surface area contributed by atoms with Crippen molar-refractivity contribution in [2.24, 2.45) is 23.7 Å². The topological polar surface area (TPSA) is 96.8 Å². The number of methoxy groups -OCH3 is 1. The zero-order valence-corrected chi connectivity index (χ0v) is 24.9. The Morgan fingerprint density at radius 1 is 1.10 bits per heavy atom. The first kappa shape index (κ1) is 29.1. The average Bonchev–Trinajstić information content (AvgIpc) is 3.45. The Balaban J connectivity index is 1.31. The molecule has 2 bridgehead atoms. The standard InChI is InChI=1S/C32H45N5O4/c1-21(2)26-13-12-22(3)14-31(39)36-18-23-15-24(27(36)9-7-11-30(38)34-26)19-35(17-23)32(40)25-16-33-37(20-25)28-8-5-6-10-29(28)41-4/h5-6,8,10,16,20-24,26-27H,7,9,11-15,17-19H2,1-4H3,(H,34,38)/t22-,23+,24-,26+,27+/m1/s1. The minimum atomic E-state index is -0.0296. The van der Waals surface area contributed by atoms with Gasteiger partial charge in [0.05, 0.1) is 18.9 Å². The van der Waals surface area contributed by atoms with Gasteiger partial charge in [-0.1, -0.05) is 32.9 Å². The van der Waals surface area contributed by atoms with E-state index < -0.39 is 0 Å². The monoisotopic (exact) mass is 563 g/mol. The lowest BCUT2D eigenvalue weighted by Crippen LogP contribution is -2.60. The summed E-state index contributed by atoms with van der Waals surface area (Å²) >= 11 is 0. The van der Waals surface area contributed by atoms with Crippen molar-refractivity contribution in [1.82, 2.24) is 24.9 Å². The van der Waals surface area contributed by atoms with Crippen LogP contribution >= 0.6 is 0 Å². The van der Waals surface area contributed by atoms with E-state index >= 15 is 0 Å². The Bertz CT molecular complexity index is 1240. The van der Waals surface area contributed by atoms with Crippen molar-refractivity contribution in [2.45, 2.75) is 77.8 Å². The van der Waals surface area contributed by atoms with Gasteiger partial charge in [-0.25, -0.2) is 4.68 Å². The van der Waals surface area contributed by atoms with E-state index in [1.54, 1.807) is 24.2 Å². The number of piperidine rings is 2. The number of ether oxygens (including phenoxy) is 1. The van der Waals surface area contributed by atoms with Gasteiger partial charge in [-0.05, 0) is 67.9 Å². The molecule has 0 unspecified atom stereocenters. The van der Waals surface area contributed by atoms with Crippen molar-refractivity contribution in [2.75, 3.05) is 26.7 Å². The van der Waals surface area contributed by atoms with Crippen molar-refractivity contribution in [1.29, 1.82) is 0 Å². The third-order valence-corrected chi connectivity index (χ3v) is 9.29. The zero-order valence-electron chi connectivity index (χ0n) is 24.9. The predicted molar refractivity (Wildman–Crippen MR) is 157 cm³/mol. The first-order valence-corrected chi connectivity index (χ1v) is 15.3. The molecule has 2 aromatic rings. The number of carbonyl (C=O) groups is 3. The maximum absolute atomic E-state index is 13.7. The Labute approximate surface area is 243 Å². The summed E-state index contributed by atoms with van der Waals surface area (Å²) in [7, 11) is 1.62. The molecule has 1 N–H and O–H groups in total. The largest absolute Gasteiger partial charge is 0.494 e. The maximum Gasteiger partial charge on any atom is 0.257 e. The number of hydrogen-bond acceptors (Lipinski definition) is 5. The van der Waals surface area contributed by atoms with Gasteiger partial charge in [0.2, 0.25) is 11.8 Å². The van der Waals surface area contributed by atoms with Gasteiger partial charge in [-0.3, -0.25) is 14.4 Å². The molecule has 3 saturated heterocycles. The number of hydrogen-bond donors (Lipinski definition) is 1. The molecule has 1 aromatic carbocycles. The van der Waals surface area contributed by atoms with Crippen LogP contribution < -0.4 is 10.1 Å². The van der Waals surface area contributed by atoms with Crippen LogP contribution in [-0.2, 0) is 9.59 Å². The van der Waals surface area contributed by atoms with Crippen LogP contribution in [0.3, 0.4) is 0 Å². The number of para-hydroxylation sites is 2. The normalized spacial score (nSPS) is 27.8. The summed E-state index contributed by atoms with van der Waals surface area (Å²) < 4.78 is 7.15. The van der Waals surface area contributed by atoms with Gasteiger partial charge >= 0.3 is 0 Å². The second kappa shape index (κ2) is 12.7. The molecule has 41 heavy (non-hydrogen) atoms. The number of aromatic nitrogens is 2. The third-order valence-electron chi connectivity index (χ3n) is 9.29. The summed E-state index contributed by atoms with van der Waals surface area (Å²) in [5.74, 6) is 2.08. The fourth-order valence-electron chi connectivity index (χ4n) is 7.04. The number of rotatable bonds is 4. The first-order valence-electron chi connectivity index (χ1n) is 15.3. The van der Waals surface area contributed by atoms with Crippen molar-refractivity contribution in [3.63, 3.8) is 0 Å². The number of likely N-dealkylation sites (tertiary alicyclic amines) is 1. The summed E-state index contributed by atoms with van der Waals surface area (Å²) in [4.78, 5) is 44.2. The molecule has 0 aliphatic carbocycles. The van der Waals surface area contributed by atoms with Gasteiger partial charge in [0.1, 0.15) is 11.4 Å². The highest BCUT2D eigenvalue weighted by molar-refractivity contribution is 5.94. The van der Waals surface area contributed by atoms with Gasteiger partial charge in [0, 0.05) is 50.8 Å². The molecule has 5 atom stereocenters. The summed E-state index contributed by atoms with van der Waals surface area (Å²) in [6.45, 7) is 8.38. The Morgan fingerprint density at radius 3 is 2.68 bits per heavy atom. The SMILES string of the molecule is COc1ccccc1-n1cc(C(=O)N2C[C@@H]3C[C@H](C2)[C@@H]2CCCC(=O)N[C@H](C(C)C)CC[C@@H](C)CC(=O)N2C3)cn1. The summed E-state index contributed by atoms with van der Waals surface area (Å²) in [6, 6.07) is 7.79. The van der Waals surface area contributed by atoms with Crippen molar-refractivity contribution >= 4 is 17.7 Å². The Hall–Kier alpha value is -3.36. The molecule has 1 aromatic heterocycles. The van der Waals surface area contributed by atoms with Crippen LogP contribution in [0.25, 0.3) is 5.69 Å². The lowest BCUT2D eigenvalue weighted by atomic mass is 9.77. The van der Waals surface area contributed by atoms with E-state index in [2.05, 4.69) is 36.1 Å². The van der Waals surface area contributed by atoms with Crippen LogP contribution in [0.5, 0.6) is 5.75 Å². The number of benzene rings is 1. The van der Waals surface area contributed by atoms with Crippen LogP contribution in [0.2, 0.25) is 0 Å². The lowest BCUT2D eigenvalue weighted by Gasteiger charge is -2.51. The molecule has 0 saturated carbocycles. The number of carbonyl (C=O) groups excluding carboxylic acids is 3. The van der Waals surface area contributed by atoms with E-state index in [9.17, 15) is 14.4 Å². The molecule has 222 valence electrons. The molecule has 9 nitrogen and oxygen atoms in total. The molecule has 3 amide bonds. The van der Waals surface area contributed by atoms with E-state index in [0.29, 0.717) is 49.7 Å². The van der Waals surface area contributed by atoms with E-state index in [0.717, 1.165) is 37.8 Å². The molecular weight excluding hydrogens is 518 g/mol. The van der Waals surface area contributed by atoms with E-state index in [1.807, 2.05) is 29.2 Å². The molecule has 0 radical (unpaired) electrons. The molecule has 3 aliphatic rings. The summed E-state index contributed by atoms with van der Waals surface area (Å²) in [5.41, 5.74) is 1.32. The number of nitrogens with one attached hydrogen (secondary N) is 1. The van der Waals surface area contributed by atoms with Crippen LogP contribution in [0, 0.1) is 23.7 Å². The van der Waals surface area contributed by atoms with Crippen molar-refractivity contribution in [3.8, 4) is 11.4 Å². The van der Waals surface area contributed by atoms with Gasteiger partial charge in [-0.2, -0.15) is 5.10 Å². The van der Waals surface area contributed by atoms with Crippen LogP contribution in [0.4, 0.5) is 0 Å². The van der Waals surface area contributed by atoms with Gasteiger partial charge in [0.25, 0.3) is 5.91 Å². The van der Waals surface area contributed by atoms with Crippen LogP contribution in [0.15, 0.2) is 36.7 Å². The minimum absolute atomic E-state index is 0.0296. The minimum Gasteiger partial charge on any atom is -0.494 e. The fraction of sp³-hybridized carbons (Fsp3) is 0.625. The van der Waals surface area contributed by atoms with Crippen LogP contribution in [-0.4, -0.2) is 76.1 Å². The van der Waals surface area contributed by atoms with E-state index in [4.69, 9.17) is 4.74 Å². The molecular formula is C32H45N5O4. The quantitative estimate of drug-likeness (QED) is 0.598. The van der Waals surface area contributed by atoms with Crippen molar-refractivity contribution in [3.05, 3.63) is 42.2 Å². The Kier molecular flexibility index (Phi) is 9.00. The number of fused-ring (bicyclic) bond motifs is 4. The highest BCUT2D eigenvalue weighted by Gasteiger charge is 2.44. The second-order valence-electron chi connectivity index (χ2n) is 12.7. The third kappa shape index (κ3) is 6.60. The average molecular weight is 564 g/mol. The van der Waals surface area contributed by atoms with E-state index in [1.165, 1.54) is 0 Å². The molecule has 0 spiro atoms. The first-order chi connectivity index (χ1) is 19.7. The molecule has 9 heteroatoms. The molecule has 3 fully saturated rings. The fourth-order valence-corrected chi connectivity index (χ4v) is 7.04. The summed E-state index contributed by atoms with van der Waals surface area (Å²) in [5, 5.41) is 7.71. The molecule has 4 heterocycles. The smallest absolute Gasteiger partial charge is 0.257 e. The number of nitrogens with zero attached hydrogens (tertiary/aromatic N) is 4. The number of amides is 3. The Morgan fingerprint density at radius 2 is 1.90 bits per heavy atom. The van der Waals surface area contributed by atoms with Gasteiger partial charge in [0.15, 0.2) is 0 Å². The lowest BCUT2D eigenvalue weighted by molar-refractivity contribution is -0.141. The van der Waals surface area contributed by atoms with Crippen LogP contribution in [0.1, 0.15) is 76.1 Å². The highest BCUT2D eigenvalue weighted by atomic mass is 16.5. The van der Waals surface area contributed by atoms with Gasteiger partial charge in [-0.15, -0.1) is 0 Å². The maximum atomic E-state index is 13.7. The molecule has 5 rings (SSSR count). The van der Waals surface area contributed by atoms with E-state index in [-0.39, 0.29) is 47.6 Å². The van der Waals surface area contributed by atoms with Crippen molar-refractivity contribution < 1.29 is 19.1 Å². The molecule has 3 aliphatic heterocycles. The second-order valence-corrected chi connectivity index (χ2v) is 12.7. The predicted octanol–water partition coefficient (Wildman–Crippen LogP) is 4.30. The van der Waals surface area contributed by atoms with Gasteiger partial charge < -0.3 is 19.9 Å². The highest BCUT2D eigenvalue weighted by Crippen LogP contribution is 2.37. The summed E-state index contributed by atoms with van der Waals surface area (Å²) in [6.07, 6.45) is 8.75.